The molecular weight excluding hydrogens is 677 g/mol. The molecule has 0 bridgehead atoms. The van der Waals surface area contributed by atoms with Crippen molar-refractivity contribution in [1.82, 2.24) is 0 Å². The highest BCUT2D eigenvalue weighted by atomic mass is 31.2. The van der Waals surface area contributed by atoms with Gasteiger partial charge in [-0.25, -0.2) is 4.57 Å². The highest BCUT2D eigenvalue weighted by molar-refractivity contribution is 7.47. The molecule has 0 aromatic heterocycles. The van der Waals surface area contributed by atoms with E-state index < -0.39 is 26.5 Å². The van der Waals surface area contributed by atoms with Crippen molar-refractivity contribution in [3.05, 3.63) is 24.3 Å². The number of hydrogen-bond donors (Lipinski definition) is 2. The zero-order valence-corrected chi connectivity index (χ0v) is 34.4. The first kappa shape index (κ1) is 50.5. The Morgan fingerprint density at radius 1 is 0.577 bits per heavy atom. The van der Waals surface area contributed by atoms with Gasteiger partial charge in [-0.3, -0.25) is 18.6 Å². The molecule has 0 saturated heterocycles. The van der Waals surface area contributed by atoms with E-state index in [2.05, 4.69) is 38.2 Å². The van der Waals surface area contributed by atoms with E-state index in [0.717, 1.165) is 64.2 Å². The van der Waals surface area contributed by atoms with Crippen LogP contribution in [0.5, 0.6) is 0 Å². The molecule has 0 amide bonds. The van der Waals surface area contributed by atoms with Crippen molar-refractivity contribution in [2.75, 3.05) is 26.4 Å². The van der Waals surface area contributed by atoms with Crippen molar-refractivity contribution in [1.29, 1.82) is 0 Å². The smallest absolute Gasteiger partial charge is 0.462 e. The molecule has 0 fully saturated rings. The quantitative estimate of drug-likeness (QED) is 0.0271. The van der Waals surface area contributed by atoms with Crippen LogP contribution in [0.2, 0.25) is 0 Å². The second-order valence-corrected chi connectivity index (χ2v) is 15.7. The van der Waals surface area contributed by atoms with Crippen molar-refractivity contribution < 1.29 is 37.6 Å². The Bertz CT molecular complexity index is 912. The summed E-state index contributed by atoms with van der Waals surface area (Å²) in [6.45, 7) is 3.67. The molecule has 0 aromatic carbocycles. The molecule has 0 aromatic rings. The van der Waals surface area contributed by atoms with Gasteiger partial charge in [0.15, 0.2) is 6.10 Å². The molecule has 10 heteroatoms. The molecular formula is C42H80NO8P. The molecule has 0 aliphatic rings. The summed E-state index contributed by atoms with van der Waals surface area (Å²) < 4.78 is 32.7. The number of nitrogens with two attached hydrogens (primary N) is 1. The average Bonchev–Trinajstić information content (AvgIpc) is 3.13. The van der Waals surface area contributed by atoms with Gasteiger partial charge in [0.1, 0.15) is 6.61 Å². The number of carbonyl (C=O) groups excluding carboxylic acids is 2. The maximum absolute atomic E-state index is 12.5. The van der Waals surface area contributed by atoms with E-state index in [1.54, 1.807) is 0 Å². The van der Waals surface area contributed by atoms with E-state index in [0.29, 0.717) is 6.42 Å². The van der Waals surface area contributed by atoms with Crippen LogP contribution in [0.3, 0.4) is 0 Å². The molecule has 0 spiro atoms. The highest BCUT2D eigenvalue weighted by Crippen LogP contribution is 2.43. The van der Waals surface area contributed by atoms with Crippen LogP contribution >= 0.6 is 7.82 Å². The molecule has 0 aliphatic carbocycles. The second kappa shape index (κ2) is 39.2. The van der Waals surface area contributed by atoms with Gasteiger partial charge < -0.3 is 20.1 Å². The van der Waals surface area contributed by atoms with E-state index in [9.17, 15) is 19.0 Å². The van der Waals surface area contributed by atoms with Crippen LogP contribution in [-0.4, -0.2) is 49.3 Å². The van der Waals surface area contributed by atoms with Crippen molar-refractivity contribution in [2.24, 2.45) is 5.73 Å². The van der Waals surface area contributed by atoms with Gasteiger partial charge in [-0.05, 0) is 38.5 Å². The van der Waals surface area contributed by atoms with Crippen molar-refractivity contribution in [2.45, 2.75) is 206 Å². The van der Waals surface area contributed by atoms with Crippen LogP contribution in [0.25, 0.3) is 0 Å². The molecule has 0 saturated carbocycles. The monoisotopic (exact) mass is 758 g/mol. The van der Waals surface area contributed by atoms with Crippen LogP contribution in [0.15, 0.2) is 24.3 Å². The largest absolute Gasteiger partial charge is 0.472 e. The van der Waals surface area contributed by atoms with Crippen molar-refractivity contribution >= 4 is 19.8 Å². The van der Waals surface area contributed by atoms with E-state index in [1.807, 2.05) is 0 Å². The van der Waals surface area contributed by atoms with Gasteiger partial charge >= 0.3 is 19.8 Å². The third-order valence-corrected chi connectivity index (χ3v) is 10.1. The molecule has 0 heterocycles. The number of carbonyl (C=O) groups is 2. The zero-order valence-electron chi connectivity index (χ0n) is 33.6. The number of ether oxygens (including phenoxy) is 2. The number of rotatable bonds is 40. The van der Waals surface area contributed by atoms with Crippen LogP contribution < -0.4 is 5.73 Å². The van der Waals surface area contributed by atoms with Crippen LogP contribution in [0, 0.1) is 0 Å². The Labute approximate surface area is 319 Å². The third kappa shape index (κ3) is 38.2. The molecule has 306 valence electrons. The van der Waals surface area contributed by atoms with Gasteiger partial charge in [0.2, 0.25) is 0 Å². The molecule has 52 heavy (non-hydrogen) atoms. The summed E-state index contributed by atoms with van der Waals surface area (Å²) in [6, 6.07) is 0. The van der Waals surface area contributed by atoms with Crippen molar-refractivity contribution in [3.63, 3.8) is 0 Å². The van der Waals surface area contributed by atoms with E-state index in [-0.39, 0.29) is 38.6 Å². The molecule has 3 N–H and O–H groups in total. The summed E-state index contributed by atoms with van der Waals surface area (Å²) in [5.74, 6) is -0.838. The first-order valence-corrected chi connectivity index (χ1v) is 22.8. The van der Waals surface area contributed by atoms with Gasteiger partial charge in [0, 0.05) is 19.4 Å². The Morgan fingerprint density at radius 2 is 1.04 bits per heavy atom. The lowest BCUT2D eigenvalue weighted by molar-refractivity contribution is -0.161. The van der Waals surface area contributed by atoms with Crippen LogP contribution in [0.4, 0.5) is 0 Å². The average molecular weight is 758 g/mol. The molecule has 9 nitrogen and oxygen atoms in total. The van der Waals surface area contributed by atoms with Gasteiger partial charge in [0.25, 0.3) is 0 Å². The van der Waals surface area contributed by atoms with Crippen molar-refractivity contribution in [3.8, 4) is 0 Å². The maximum atomic E-state index is 12.5. The summed E-state index contributed by atoms with van der Waals surface area (Å²) in [5, 5.41) is 0. The lowest BCUT2D eigenvalue weighted by atomic mass is 10.0. The van der Waals surface area contributed by atoms with E-state index in [4.69, 9.17) is 24.3 Å². The fourth-order valence-corrected chi connectivity index (χ4v) is 6.67. The van der Waals surface area contributed by atoms with Gasteiger partial charge in [0.05, 0.1) is 13.2 Å². The summed E-state index contributed by atoms with van der Waals surface area (Å²) in [5.41, 5.74) is 5.34. The van der Waals surface area contributed by atoms with E-state index >= 15 is 0 Å². The maximum Gasteiger partial charge on any atom is 0.472 e. The first-order valence-electron chi connectivity index (χ1n) is 21.3. The van der Waals surface area contributed by atoms with Gasteiger partial charge in [-0.2, -0.15) is 0 Å². The Hall–Kier alpha value is -1.51. The molecule has 0 rings (SSSR count). The first-order chi connectivity index (χ1) is 25.3. The van der Waals surface area contributed by atoms with Gasteiger partial charge in [-0.1, -0.05) is 173 Å². The number of esters is 2. The Balaban J connectivity index is 4.12. The van der Waals surface area contributed by atoms with Gasteiger partial charge in [-0.15, -0.1) is 0 Å². The summed E-state index contributed by atoms with van der Waals surface area (Å²) >= 11 is 0. The third-order valence-electron chi connectivity index (χ3n) is 9.07. The SMILES string of the molecule is CCC/C=C\C/C=C\CCCCCCCC(=O)OC(COC(=O)CCCCCCCCCCCCCCCCCCCC)COP(=O)(O)OCCN. The summed E-state index contributed by atoms with van der Waals surface area (Å²) in [4.78, 5) is 34.8. The lowest BCUT2D eigenvalue weighted by Crippen LogP contribution is -2.29. The van der Waals surface area contributed by atoms with E-state index in [1.165, 1.54) is 103 Å². The number of hydrogen-bond acceptors (Lipinski definition) is 8. The standard InChI is InChI=1S/C42H80NO8P/c1-3-5-7-9-11-13-15-17-18-19-20-21-23-24-26-28-30-32-34-41(44)48-38-40(39-50-52(46,47)49-37-36-43)51-42(45)35-33-31-29-27-25-22-16-14-12-10-8-6-4-2/h8,10,14,16,40H,3-7,9,11-13,15,17-39,43H2,1-2H3,(H,46,47)/b10-8-,16-14-. The molecule has 2 unspecified atom stereocenters. The molecule has 0 radical (unpaired) electrons. The second-order valence-electron chi connectivity index (χ2n) is 14.2. The van der Waals surface area contributed by atoms with Crippen LogP contribution in [-0.2, 0) is 32.7 Å². The zero-order chi connectivity index (χ0) is 38.2. The minimum absolute atomic E-state index is 0.0524. The topological polar surface area (TPSA) is 134 Å². The predicted molar refractivity (Wildman–Crippen MR) is 215 cm³/mol. The number of allylic oxidation sites excluding steroid dienone is 4. The summed E-state index contributed by atoms with van der Waals surface area (Å²) in [6.07, 6.45) is 40.7. The molecule has 2 atom stereocenters. The van der Waals surface area contributed by atoms with Crippen LogP contribution in [0.1, 0.15) is 200 Å². The highest BCUT2D eigenvalue weighted by Gasteiger charge is 2.26. The summed E-state index contributed by atoms with van der Waals surface area (Å²) in [7, 11) is -4.37. The fourth-order valence-electron chi connectivity index (χ4n) is 5.91. The predicted octanol–water partition coefficient (Wildman–Crippen LogP) is 12.0. The minimum Gasteiger partial charge on any atom is -0.462 e. The lowest BCUT2D eigenvalue weighted by Gasteiger charge is -2.19. The number of phosphoric acid groups is 1. The Kier molecular flexibility index (Phi) is 38.1. The normalized spacial score (nSPS) is 13.5. The fraction of sp³-hybridized carbons (Fsp3) is 0.857. The Morgan fingerprint density at radius 3 is 1.54 bits per heavy atom. The number of unbranched alkanes of at least 4 members (excludes halogenated alkanes) is 23. The minimum atomic E-state index is -4.37. The number of phosphoric ester groups is 1. The molecule has 0 aliphatic heterocycles.